The Kier molecular flexibility index (Phi) is 8.14. The number of thioether (sulfide) groups is 1. The van der Waals surface area contributed by atoms with E-state index in [1.807, 2.05) is 0 Å². The van der Waals surface area contributed by atoms with E-state index in [2.05, 4.69) is 0 Å². The van der Waals surface area contributed by atoms with E-state index in [0.717, 1.165) is 0 Å². The molecule has 0 aromatic heterocycles. The highest BCUT2D eigenvalue weighted by Gasteiger charge is 2.17. The Morgan fingerprint density at radius 2 is 1.90 bits per heavy atom. The fourth-order valence-corrected chi connectivity index (χ4v) is 2.69. The van der Waals surface area contributed by atoms with Gasteiger partial charge in [-0.1, -0.05) is 0 Å². The van der Waals surface area contributed by atoms with Crippen molar-refractivity contribution in [1.29, 1.82) is 0 Å². The van der Waals surface area contributed by atoms with E-state index in [-0.39, 0.29) is 29.7 Å². The number of rotatable bonds is 8. The predicted molar refractivity (Wildman–Crippen MR) is 79.2 cm³/mol. The second-order valence-corrected chi connectivity index (χ2v) is 5.78. The third-order valence-corrected chi connectivity index (χ3v) is 4.03. The van der Waals surface area contributed by atoms with Crippen LogP contribution in [0, 0.1) is 0 Å². The summed E-state index contributed by atoms with van der Waals surface area (Å²) in [5, 5.41) is 8.53. The van der Waals surface area contributed by atoms with Crippen LogP contribution < -0.4 is 0 Å². The summed E-state index contributed by atoms with van der Waals surface area (Å²) in [6, 6.07) is 0. The molecule has 1 aliphatic heterocycles. The number of ether oxygens (including phenoxy) is 1. The number of hydrogen-bond acceptors (Lipinski definition) is 5. The van der Waals surface area contributed by atoms with Gasteiger partial charge in [-0.15, -0.1) is 11.8 Å². The number of nitrogens with zero attached hydrogens (tertiary/aromatic N) is 2. The molecule has 7 nitrogen and oxygen atoms in total. The van der Waals surface area contributed by atoms with Crippen LogP contribution in [-0.2, 0) is 19.1 Å². The monoisotopic (exact) mass is 318 g/mol. The predicted octanol–water partition coefficient (Wildman–Crippen LogP) is -0.0984. The molecule has 0 bridgehead atoms. The van der Waals surface area contributed by atoms with Gasteiger partial charge < -0.3 is 19.6 Å². The maximum atomic E-state index is 11.9. The van der Waals surface area contributed by atoms with Gasteiger partial charge in [0.05, 0.1) is 24.7 Å². The summed E-state index contributed by atoms with van der Waals surface area (Å²) >= 11 is 1.29. The lowest BCUT2D eigenvalue weighted by molar-refractivity contribution is -0.137. The van der Waals surface area contributed by atoms with Gasteiger partial charge in [-0.2, -0.15) is 0 Å². The smallest absolute Gasteiger partial charge is 0.303 e. The van der Waals surface area contributed by atoms with E-state index in [9.17, 15) is 14.4 Å². The fourth-order valence-electron chi connectivity index (χ4n) is 1.83. The first-order valence-electron chi connectivity index (χ1n) is 6.89. The highest BCUT2D eigenvalue weighted by molar-refractivity contribution is 8.00. The third-order valence-electron chi connectivity index (χ3n) is 3.12. The Balaban J connectivity index is 2.14. The van der Waals surface area contributed by atoms with Crippen molar-refractivity contribution in [3.63, 3.8) is 0 Å². The standard InChI is InChI=1S/C13H22N2O5S/c1-14(4-2-3-13(18)19)11(16)9-21-10-12(17)15-5-7-20-8-6-15/h2-10H2,1H3,(H,18,19). The van der Waals surface area contributed by atoms with Gasteiger partial charge in [0, 0.05) is 33.1 Å². The van der Waals surface area contributed by atoms with Gasteiger partial charge in [-0.05, 0) is 6.42 Å². The number of morpholine rings is 1. The number of amides is 2. The highest BCUT2D eigenvalue weighted by atomic mass is 32.2. The second kappa shape index (κ2) is 9.62. The molecule has 1 rings (SSSR count). The molecule has 1 N–H and O–H groups in total. The SMILES string of the molecule is CN(CCCC(=O)O)C(=O)CSCC(=O)N1CCOCC1. The van der Waals surface area contributed by atoms with Crippen molar-refractivity contribution in [2.24, 2.45) is 0 Å². The molecule has 0 aliphatic carbocycles. The number of carbonyl (C=O) groups is 3. The van der Waals surface area contributed by atoms with Crippen LogP contribution in [-0.4, -0.2) is 84.1 Å². The van der Waals surface area contributed by atoms with Crippen molar-refractivity contribution in [3.05, 3.63) is 0 Å². The normalized spacial score (nSPS) is 14.8. The number of carboxylic acid groups (broad SMARTS) is 1. The molecule has 0 spiro atoms. The van der Waals surface area contributed by atoms with Crippen LogP contribution in [0.25, 0.3) is 0 Å². The number of hydrogen-bond donors (Lipinski definition) is 1. The van der Waals surface area contributed by atoms with Crippen LogP contribution in [0.1, 0.15) is 12.8 Å². The summed E-state index contributed by atoms with van der Waals surface area (Å²) in [6.07, 6.45) is 0.495. The van der Waals surface area contributed by atoms with E-state index in [1.54, 1.807) is 11.9 Å². The summed E-state index contributed by atoms with van der Waals surface area (Å²) in [4.78, 5) is 37.3. The molecule has 0 unspecified atom stereocenters. The molecule has 2 amide bonds. The molecule has 120 valence electrons. The van der Waals surface area contributed by atoms with Gasteiger partial charge in [0.15, 0.2) is 0 Å². The molecule has 8 heteroatoms. The topological polar surface area (TPSA) is 87.2 Å². The zero-order valence-electron chi connectivity index (χ0n) is 12.2. The first kappa shape index (κ1) is 17.8. The van der Waals surface area contributed by atoms with Crippen LogP contribution in [0.4, 0.5) is 0 Å². The molecule has 0 aromatic carbocycles. The maximum absolute atomic E-state index is 11.9. The molecule has 1 saturated heterocycles. The van der Waals surface area contributed by atoms with Gasteiger partial charge >= 0.3 is 5.97 Å². The van der Waals surface area contributed by atoms with Crippen LogP contribution in [0.15, 0.2) is 0 Å². The van der Waals surface area contributed by atoms with E-state index in [4.69, 9.17) is 9.84 Å². The summed E-state index contributed by atoms with van der Waals surface area (Å²) in [7, 11) is 1.65. The molecule has 1 heterocycles. The minimum atomic E-state index is -0.860. The van der Waals surface area contributed by atoms with Gasteiger partial charge in [0.25, 0.3) is 0 Å². The lowest BCUT2D eigenvalue weighted by Crippen LogP contribution is -2.41. The van der Waals surface area contributed by atoms with E-state index >= 15 is 0 Å². The Bertz CT molecular complexity index is 372. The summed E-state index contributed by atoms with van der Waals surface area (Å²) in [5.41, 5.74) is 0. The van der Waals surface area contributed by atoms with Crippen molar-refractivity contribution in [2.45, 2.75) is 12.8 Å². The summed E-state index contributed by atoms with van der Waals surface area (Å²) < 4.78 is 5.18. The minimum Gasteiger partial charge on any atom is -0.481 e. The second-order valence-electron chi connectivity index (χ2n) is 4.80. The first-order chi connectivity index (χ1) is 10.0. The zero-order valence-corrected chi connectivity index (χ0v) is 13.1. The molecule has 0 atom stereocenters. The maximum Gasteiger partial charge on any atom is 0.303 e. The molecular weight excluding hydrogens is 296 g/mol. The average molecular weight is 318 g/mol. The van der Waals surface area contributed by atoms with Crippen molar-refractivity contribution < 1.29 is 24.2 Å². The van der Waals surface area contributed by atoms with Gasteiger partial charge in [0.1, 0.15) is 0 Å². The van der Waals surface area contributed by atoms with Crippen molar-refractivity contribution >= 4 is 29.5 Å². The van der Waals surface area contributed by atoms with Gasteiger partial charge in [0.2, 0.25) is 11.8 Å². The van der Waals surface area contributed by atoms with Crippen molar-refractivity contribution in [2.75, 3.05) is 51.4 Å². The van der Waals surface area contributed by atoms with Crippen LogP contribution in [0.5, 0.6) is 0 Å². The highest BCUT2D eigenvalue weighted by Crippen LogP contribution is 2.07. The van der Waals surface area contributed by atoms with E-state index < -0.39 is 5.97 Å². The lowest BCUT2D eigenvalue weighted by atomic mass is 10.3. The van der Waals surface area contributed by atoms with Gasteiger partial charge in [-0.25, -0.2) is 0 Å². The lowest BCUT2D eigenvalue weighted by Gasteiger charge is -2.26. The molecule has 1 fully saturated rings. The quantitative estimate of drug-likeness (QED) is 0.672. The Labute approximate surface area is 128 Å². The molecule has 1 aliphatic rings. The largest absolute Gasteiger partial charge is 0.481 e. The van der Waals surface area contributed by atoms with Crippen LogP contribution >= 0.6 is 11.8 Å². The summed E-state index contributed by atoms with van der Waals surface area (Å²) in [6.45, 7) is 2.79. The van der Waals surface area contributed by atoms with Crippen LogP contribution in [0.3, 0.4) is 0 Å². The molecular formula is C13H22N2O5S. The number of aliphatic carboxylic acids is 1. The Morgan fingerprint density at radius 1 is 1.24 bits per heavy atom. The summed E-state index contributed by atoms with van der Waals surface area (Å²) in [5.74, 6) is -0.389. The van der Waals surface area contributed by atoms with Crippen molar-refractivity contribution in [3.8, 4) is 0 Å². The number of carboxylic acids is 1. The minimum absolute atomic E-state index is 0.0321. The van der Waals surface area contributed by atoms with E-state index in [1.165, 1.54) is 16.7 Å². The zero-order chi connectivity index (χ0) is 15.7. The molecule has 0 aromatic rings. The average Bonchev–Trinajstić information content (AvgIpc) is 2.47. The van der Waals surface area contributed by atoms with Crippen LogP contribution in [0.2, 0.25) is 0 Å². The molecule has 21 heavy (non-hydrogen) atoms. The molecule has 0 saturated carbocycles. The van der Waals surface area contributed by atoms with Crippen molar-refractivity contribution in [1.82, 2.24) is 9.80 Å². The van der Waals surface area contributed by atoms with Gasteiger partial charge in [-0.3, -0.25) is 14.4 Å². The third kappa shape index (κ3) is 7.33. The first-order valence-corrected chi connectivity index (χ1v) is 8.05. The Hall–Kier alpha value is -1.28. The molecule has 0 radical (unpaired) electrons. The fraction of sp³-hybridized carbons (Fsp3) is 0.769. The number of carbonyl (C=O) groups excluding carboxylic acids is 2. The van der Waals surface area contributed by atoms with E-state index in [0.29, 0.717) is 39.3 Å². The Morgan fingerprint density at radius 3 is 2.52 bits per heavy atom.